The Labute approximate surface area is 207 Å². The molecular weight excluding hydrogens is 552 g/mol. The summed E-state index contributed by atoms with van der Waals surface area (Å²) in [6, 6.07) is 5.91. The quantitative estimate of drug-likeness (QED) is 0.180. The second kappa shape index (κ2) is 10.6. The van der Waals surface area contributed by atoms with Gasteiger partial charge in [-0.15, -0.1) is 0 Å². The normalized spacial score (nSPS) is 14.6. The lowest BCUT2D eigenvalue weighted by Gasteiger charge is -2.31. The van der Waals surface area contributed by atoms with Crippen LogP contribution < -0.4 is 4.90 Å². The number of benzene rings is 1. The summed E-state index contributed by atoms with van der Waals surface area (Å²) in [5, 5.41) is 12.0. The fourth-order valence-corrected chi connectivity index (χ4v) is 6.38. The Balaban J connectivity index is 2.08. The Kier molecular flexibility index (Phi) is 8.29. The SMILES string of the molecule is Cc1cc([N+](=O)[O-])cc(S(=O)(=O)N2CCc3ncccc3C2)c1N(CCBr)CCOS(C)(=O)=O. The van der Waals surface area contributed by atoms with Crippen LogP contribution in [0.15, 0.2) is 35.4 Å². The summed E-state index contributed by atoms with van der Waals surface area (Å²) in [6.07, 6.45) is 3.01. The van der Waals surface area contributed by atoms with Crippen molar-refractivity contribution in [1.29, 1.82) is 0 Å². The van der Waals surface area contributed by atoms with Gasteiger partial charge >= 0.3 is 0 Å². The molecule has 0 N–H and O–H groups in total. The molecule has 1 aliphatic heterocycles. The number of nitrogens with zero attached hydrogens (tertiary/aromatic N) is 4. The highest BCUT2D eigenvalue weighted by atomic mass is 79.9. The number of nitro groups is 1. The van der Waals surface area contributed by atoms with Crippen molar-refractivity contribution in [2.24, 2.45) is 0 Å². The highest BCUT2D eigenvalue weighted by Gasteiger charge is 2.34. The zero-order valence-corrected chi connectivity index (χ0v) is 21.9. The number of halogens is 1. The maximum absolute atomic E-state index is 13.8. The maximum Gasteiger partial charge on any atom is 0.271 e. The Morgan fingerprint density at radius 3 is 2.65 bits per heavy atom. The number of aryl methyl sites for hydroxylation is 1. The van der Waals surface area contributed by atoms with Crippen molar-refractivity contribution in [1.82, 2.24) is 9.29 Å². The first-order chi connectivity index (χ1) is 15.9. The molecule has 0 unspecified atom stereocenters. The average Bonchev–Trinajstić information content (AvgIpc) is 2.76. The van der Waals surface area contributed by atoms with Gasteiger partial charge in [0.1, 0.15) is 4.90 Å². The molecule has 1 aliphatic rings. The smallest absolute Gasteiger partial charge is 0.271 e. The van der Waals surface area contributed by atoms with Crippen molar-refractivity contribution >= 4 is 47.4 Å². The molecule has 0 aliphatic carbocycles. The van der Waals surface area contributed by atoms with Crippen LogP contribution in [0, 0.1) is 17.0 Å². The summed E-state index contributed by atoms with van der Waals surface area (Å²) in [5.41, 5.74) is 1.92. The fourth-order valence-electron chi connectivity index (χ4n) is 3.86. The molecule has 0 radical (unpaired) electrons. The van der Waals surface area contributed by atoms with Crippen molar-refractivity contribution in [2.45, 2.75) is 24.8 Å². The van der Waals surface area contributed by atoms with Gasteiger partial charge in [0, 0.05) is 62.0 Å². The van der Waals surface area contributed by atoms with Crippen LogP contribution in [0.5, 0.6) is 0 Å². The second-order valence-corrected chi connectivity index (χ2v) is 12.1. The van der Waals surface area contributed by atoms with Crippen LogP contribution >= 0.6 is 15.9 Å². The Morgan fingerprint density at radius 1 is 1.26 bits per heavy atom. The summed E-state index contributed by atoms with van der Waals surface area (Å²) in [6.45, 7) is 2.05. The molecule has 2 heterocycles. The van der Waals surface area contributed by atoms with E-state index in [2.05, 4.69) is 20.9 Å². The molecule has 11 nitrogen and oxygen atoms in total. The first-order valence-electron chi connectivity index (χ1n) is 10.3. The predicted molar refractivity (Wildman–Crippen MR) is 130 cm³/mol. The summed E-state index contributed by atoms with van der Waals surface area (Å²) >= 11 is 3.33. The maximum atomic E-state index is 13.8. The molecule has 2 aromatic rings. The summed E-state index contributed by atoms with van der Waals surface area (Å²) in [4.78, 5) is 16.7. The highest BCUT2D eigenvalue weighted by Crippen LogP contribution is 2.36. The molecule has 0 fully saturated rings. The molecule has 0 saturated heterocycles. The molecule has 1 aromatic heterocycles. The van der Waals surface area contributed by atoms with Crippen molar-refractivity contribution < 1.29 is 25.9 Å². The summed E-state index contributed by atoms with van der Waals surface area (Å²) in [7, 11) is -7.83. The number of non-ortho nitro benzene ring substituents is 1. The number of rotatable bonds is 10. The van der Waals surface area contributed by atoms with Gasteiger partial charge < -0.3 is 4.90 Å². The van der Waals surface area contributed by atoms with Gasteiger partial charge in [0.2, 0.25) is 10.0 Å². The summed E-state index contributed by atoms with van der Waals surface area (Å²) in [5.74, 6) is 0. The van der Waals surface area contributed by atoms with Gasteiger partial charge in [-0.25, -0.2) is 8.42 Å². The van der Waals surface area contributed by atoms with E-state index in [1.165, 1.54) is 10.4 Å². The lowest BCUT2D eigenvalue weighted by molar-refractivity contribution is -0.385. The minimum atomic E-state index is -4.15. The summed E-state index contributed by atoms with van der Waals surface area (Å²) < 4.78 is 56.5. The van der Waals surface area contributed by atoms with E-state index in [0.717, 1.165) is 23.6 Å². The third-order valence-corrected chi connectivity index (χ3v) is 8.15. The standard InChI is InChI=1S/C20H25BrN4O7S2/c1-15-12-17(25(26)27)13-19(20(15)23(9-6-21)10-11-32-33(2,28)29)34(30,31)24-8-5-18-16(14-24)4-3-7-22-18/h3-4,7,12-13H,5-6,8-11,14H2,1-2H3. The van der Waals surface area contributed by atoms with E-state index in [-0.39, 0.29) is 42.5 Å². The number of hydrogen-bond donors (Lipinski definition) is 0. The van der Waals surface area contributed by atoms with Gasteiger partial charge in [-0.05, 0) is 24.1 Å². The van der Waals surface area contributed by atoms with Crippen LogP contribution in [0.2, 0.25) is 0 Å². The van der Waals surface area contributed by atoms with Gasteiger partial charge in [0.05, 0.1) is 23.5 Å². The number of hydrogen-bond acceptors (Lipinski definition) is 9. The largest absolute Gasteiger partial charge is 0.367 e. The first-order valence-corrected chi connectivity index (χ1v) is 14.7. The zero-order valence-electron chi connectivity index (χ0n) is 18.7. The Bertz CT molecular complexity index is 1290. The van der Waals surface area contributed by atoms with Crippen LogP contribution in [0.1, 0.15) is 16.8 Å². The molecule has 1 aromatic carbocycles. The van der Waals surface area contributed by atoms with Crippen LogP contribution in [0.3, 0.4) is 0 Å². The fraction of sp³-hybridized carbons (Fsp3) is 0.450. The van der Waals surface area contributed by atoms with Gasteiger partial charge in [-0.2, -0.15) is 12.7 Å². The monoisotopic (exact) mass is 576 g/mol. The van der Waals surface area contributed by atoms with Crippen molar-refractivity contribution in [3.05, 3.63) is 57.4 Å². The number of fused-ring (bicyclic) bond motifs is 1. The molecular formula is C20H25BrN4O7S2. The van der Waals surface area contributed by atoms with Crippen LogP contribution in [-0.2, 0) is 37.3 Å². The van der Waals surface area contributed by atoms with Gasteiger partial charge in [-0.3, -0.25) is 19.3 Å². The lowest BCUT2D eigenvalue weighted by atomic mass is 10.1. The number of aromatic nitrogens is 1. The van der Waals surface area contributed by atoms with Crippen molar-refractivity contribution in [2.75, 3.05) is 42.7 Å². The molecule has 0 atom stereocenters. The number of alkyl halides is 1. The first kappa shape index (κ1) is 26.5. The van der Waals surface area contributed by atoms with E-state index in [9.17, 15) is 26.9 Å². The van der Waals surface area contributed by atoms with Gasteiger partial charge in [0.25, 0.3) is 15.8 Å². The second-order valence-electron chi connectivity index (χ2n) is 7.77. The van der Waals surface area contributed by atoms with Crippen LogP contribution in [0.25, 0.3) is 0 Å². The molecule has 0 amide bonds. The number of sulfonamides is 1. The highest BCUT2D eigenvalue weighted by molar-refractivity contribution is 9.09. The van der Waals surface area contributed by atoms with Crippen LogP contribution in [0.4, 0.5) is 11.4 Å². The Morgan fingerprint density at radius 2 is 2.00 bits per heavy atom. The van der Waals surface area contributed by atoms with Gasteiger partial charge in [-0.1, -0.05) is 22.0 Å². The minimum Gasteiger partial charge on any atom is -0.367 e. The predicted octanol–water partition coefficient (Wildman–Crippen LogP) is 2.22. The van der Waals surface area contributed by atoms with Crippen LogP contribution in [-0.4, -0.2) is 68.9 Å². The lowest BCUT2D eigenvalue weighted by Crippen LogP contribution is -2.38. The van der Waals surface area contributed by atoms with Crippen molar-refractivity contribution in [3.8, 4) is 0 Å². The zero-order chi connectivity index (χ0) is 25.1. The van der Waals surface area contributed by atoms with E-state index in [4.69, 9.17) is 4.18 Å². The molecule has 186 valence electrons. The van der Waals surface area contributed by atoms with Crippen molar-refractivity contribution in [3.63, 3.8) is 0 Å². The third kappa shape index (κ3) is 6.10. The molecule has 3 rings (SSSR count). The van der Waals surface area contributed by atoms with Gasteiger partial charge in [0.15, 0.2) is 0 Å². The average molecular weight is 577 g/mol. The molecule has 0 spiro atoms. The van der Waals surface area contributed by atoms with E-state index in [0.29, 0.717) is 23.9 Å². The molecule has 34 heavy (non-hydrogen) atoms. The van der Waals surface area contributed by atoms with E-state index in [1.54, 1.807) is 24.1 Å². The topological polar surface area (TPSA) is 140 Å². The Hall–Kier alpha value is -2.13. The van der Waals surface area contributed by atoms with E-state index >= 15 is 0 Å². The number of nitro benzene ring substituents is 1. The minimum absolute atomic E-state index is 0.0621. The molecule has 0 bridgehead atoms. The van der Waals surface area contributed by atoms with E-state index < -0.39 is 25.1 Å². The van der Waals surface area contributed by atoms with E-state index in [1.807, 2.05) is 6.07 Å². The molecule has 0 saturated carbocycles. The third-order valence-electron chi connectivity index (χ3n) is 5.34. The number of pyridine rings is 1. The molecule has 14 heteroatoms. The number of anilines is 1.